The molecule has 54 valence electrons. The van der Waals surface area contributed by atoms with E-state index in [-0.39, 0.29) is 0 Å². The molecule has 0 saturated carbocycles. The van der Waals surface area contributed by atoms with E-state index in [9.17, 15) is 5.11 Å². The predicted molar refractivity (Wildman–Crippen MR) is 40.3 cm³/mol. The molecule has 0 radical (unpaired) electrons. The summed E-state index contributed by atoms with van der Waals surface area (Å²) in [5, 5.41) is 9.18. The van der Waals surface area contributed by atoms with Gasteiger partial charge in [-0.1, -0.05) is 26.0 Å². The summed E-state index contributed by atoms with van der Waals surface area (Å²) in [4.78, 5) is 0. The van der Waals surface area contributed by atoms with E-state index in [1.807, 2.05) is 12.2 Å². The second kappa shape index (κ2) is 3.02. The Balaban J connectivity index is 3.71. The molecule has 0 saturated heterocycles. The van der Waals surface area contributed by atoms with Gasteiger partial charge in [0.15, 0.2) is 0 Å². The Bertz CT molecular complexity index is 95.6. The van der Waals surface area contributed by atoms with Gasteiger partial charge >= 0.3 is 0 Å². The fraction of sp³-hybridized carbons (Fsp3) is 0.750. The average Bonchev–Trinajstić information content (AvgIpc) is 1.59. The third-order valence-corrected chi connectivity index (χ3v) is 0.889. The van der Waals surface area contributed by atoms with Gasteiger partial charge in [0.1, 0.15) is 0 Å². The molecule has 0 aromatic heterocycles. The van der Waals surface area contributed by atoms with Crippen molar-refractivity contribution in [1.82, 2.24) is 0 Å². The monoisotopic (exact) mass is 128 g/mol. The SMILES string of the molecule is CC(C)C=CC(C)(C)O. The first-order chi connectivity index (χ1) is 3.92. The molecule has 0 rings (SSSR count). The van der Waals surface area contributed by atoms with Crippen LogP contribution >= 0.6 is 0 Å². The zero-order chi connectivity index (χ0) is 7.49. The average molecular weight is 128 g/mol. The van der Waals surface area contributed by atoms with E-state index in [1.54, 1.807) is 13.8 Å². The van der Waals surface area contributed by atoms with Crippen LogP contribution in [0.25, 0.3) is 0 Å². The lowest BCUT2D eigenvalue weighted by atomic mass is 10.1. The van der Waals surface area contributed by atoms with E-state index >= 15 is 0 Å². The van der Waals surface area contributed by atoms with Gasteiger partial charge in [0, 0.05) is 0 Å². The number of allylic oxidation sites excluding steroid dienone is 1. The summed E-state index contributed by atoms with van der Waals surface area (Å²) in [5.74, 6) is 0.524. The first-order valence-electron chi connectivity index (χ1n) is 3.33. The third-order valence-electron chi connectivity index (χ3n) is 0.889. The van der Waals surface area contributed by atoms with Crippen molar-refractivity contribution in [2.24, 2.45) is 5.92 Å². The Morgan fingerprint density at radius 3 is 1.89 bits per heavy atom. The molecule has 0 aliphatic rings. The summed E-state index contributed by atoms with van der Waals surface area (Å²) in [6, 6.07) is 0. The molecule has 1 N–H and O–H groups in total. The third kappa shape index (κ3) is 7.70. The molecule has 0 aromatic carbocycles. The molecule has 0 amide bonds. The minimum Gasteiger partial charge on any atom is -0.386 e. The van der Waals surface area contributed by atoms with Crippen molar-refractivity contribution in [2.45, 2.75) is 33.3 Å². The van der Waals surface area contributed by atoms with Gasteiger partial charge in [-0.2, -0.15) is 0 Å². The van der Waals surface area contributed by atoms with Crippen LogP contribution in [0.15, 0.2) is 12.2 Å². The van der Waals surface area contributed by atoms with Crippen LogP contribution in [0.4, 0.5) is 0 Å². The topological polar surface area (TPSA) is 20.2 Å². The zero-order valence-electron chi connectivity index (χ0n) is 6.68. The van der Waals surface area contributed by atoms with Crippen molar-refractivity contribution in [3.05, 3.63) is 12.2 Å². The molecule has 0 fully saturated rings. The summed E-state index contributed by atoms with van der Waals surface area (Å²) in [5.41, 5.74) is -0.649. The van der Waals surface area contributed by atoms with Crippen molar-refractivity contribution in [1.29, 1.82) is 0 Å². The lowest BCUT2D eigenvalue weighted by Crippen LogP contribution is -2.13. The largest absolute Gasteiger partial charge is 0.386 e. The number of hydrogen-bond acceptors (Lipinski definition) is 1. The van der Waals surface area contributed by atoms with Gasteiger partial charge in [0.25, 0.3) is 0 Å². The molecule has 0 unspecified atom stereocenters. The molecule has 0 aliphatic heterocycles. The van der Waals surface area contributed by atoms with Crippen molar-refractivity contribution in [2.75, 3.05) is 0 Å². The Morgan fingerprint density at radius 1 is 1.33 bits per heavy atom. The molecule has 0 aliphatic carbocycles. The first-order valence-corrected chi connectivity index (χ1v) is 3.33. The van der Waals surface area contributed by atoms with Crippen molar-refractivity contribution >= 4 is 0 Å². The van der Waals surface area contributed by atoms with Crippen LogP contribution in [0.3, 0.4) is 0 Å². The van der Waals surface area contributed by atoms with Crippen molar-refractivity contribution in [3.63, 3.8) is 0 Å². The Labute approximate surface area is 57.4 Å². The van der Waals surface area contributed by atoms with E-state index in [0.29, 0.717) is 5.92 Å². The highest BCUT2D eigenvalue weighted by Gasteiger charge is 2.05. The fourth-order valence-corrected chi connectivity index (χ4v) is 0.428. The number of hydrogen-bond donors (Lipinski definition) is 1. The van der Waals surface area contributed by atoms with Crippen molar-refractivity contribution < 1.29 is 5.11 Å². The standard InChI is InChI=1S/C8H16O/c1-7(2)5-6-8(3,4)9/h5-7,9H,1-4H3. The second-order valence-corrected chi connectivity index (χ2v) is 3.26. The molecule has 9 heavy (non-hydrogen) atoms. The van der Waals surface area contributed by atoms with E-state index in [1.165, 1.54) is 0 Å². The van der Waals surface area contributed by atoms with Crippen LogP contribution < -0.4 is 0 Å². The lowest BCUT2D eigenvalue weighted by Gasteiger charge is -2.10. The number of rotatable bonds is 2. The van der Waals surface area contributed by atoms with Crippen LogP contribution in [0.5, 0.6) is 0 Å². The van der Waals surface area contributed by atoms with Gasteiger partial charge in [-0.3, -0.25) is 0 Å². The smallest absolute Gasteiger partial charge is 0.0771 e. The van der Waals surface area contributed by atoms with Gasteiger partial charge in [-0.05, 0) is 19.8 Å². The normalized spacial score (nSPS) is 13.6. The molecule has 0 spiro atoms. The molecule has 1 heteroatoms. The summed E-state index contributed by atoms with van der Waals surface area (Å²) < 4.78 is 0. The quantitative estimate of drug-likeness (QED) is 0.564. The van der Waals surface area contributed by atoms with E-state index in [0.717, 1.165) is 0 Å². The second-order valence-electron chi connectivity index (χ2n) is 3.26. The summed E-state index contributed by atoms with van der Waals surface area (Å²) in [7, 11) is 0. The van der Waals surface area contributed by atoms with E-state index in [4.69, 9.17) is 0 Å². The Morgan fingerprint density at radius 2 is 1.78 bits per heavy atom. The highest BCUT2D eigenvalue weighted by atomic mass is 16.3. The number of aliphatic hydroxyl groups is 1. The molecule has 0 heterocycles. The van der Waals surface area contributed by atoms with Crippen LogP contribution in [0, 0.1) is 5.92 Å². The Kier molecular flexibility index (Phi) is 2.92. The van der Waals surface area contributed by atoms with Crippen molar-refractivity contribution in [3.8, 4) is 0 Å². The molecule has 0 bridgehead atoms. The molecule has 0 atom stereocenters. The van der Waals surface area contributed by atoms with Crippen LogP contribution in [0.1, 0.15) is 27.7 Å². The minimum atomic E-state index is -0.649. The summed E-state index contributed by atoms with van der Waals surface area (Å²) >= 11 is 0. The van der Waals surface area contributed by atoms with Crippen LogP contribution in [-0.2, 0) is 0 Å². The maximum absolute atomic E-state index is 9.18. The van der Waals surface area contributed by atoms with Gasteiger partial charge in [-0.15, -0.1) is 0 Å². The maximum Gasteiger partial charge on any atom is 0.0771 e. The molecule has 1 nitrogen and oxygen atoms in total. The van der Waals surface area contributed by atoms with Gasteiger partial charge in [0.2, 0.25) is 0 Å². The minimum absolute atomic E-state index is 0.524. The first kappa shape index (κ1) is 8.70. The predicted octanol–water partition coefficient (Wildman–Crippen LogP) is 1.97. The molecular weight excluding hydrogens is 112 g/mol. The highest BCUT2D eigenvalue weighted by Crippen LogP contribution is 2.05. The lowest BCUT2D eigenvalue weighted by molar-refractivity contribution is 0.132. The molecular formula is C8H16O. The molecule has 0 aromatic rings. The van der Waals surface area contributed by atoms with Gasteiger partial charge < -0.3 is 5.11 Å². The van der Waals surface area contributed by atoms with E-state index < -0.39 is 5.60 Å². The highest BCUT2D eigenvalue weighted by molar-refractivity contribution is 4.96. The zero-order valence-corrected chi connectivity index (χ0v) is 6.68. The Hall–Kier alpha value is -0.300. The summed E-state index contributed by atoms with van der Waals surface area (Å²) in [6.07, 6.45) is 3.82. The van der Waals surface area contributed by atoms with Crippen LogP contribution in [-0.4, -0.2) is 10.7 Å². The van der Waals surface area contributed by atoms with Gasteiger partial charge in [0.05, 0.1) is 5.60 Å². The van der Waals surface area contributed by atoms with E-state index in [2.05, 4.69) is 13.8 Å². The maximum atomic E-state index is 9.18. The van der Waals surface area contributed by atoms with Gasteiger partial charge in [-0.25, -0.2) is 0 Å². The van der Waals surface area contributed by atoms with Crippen LogP contribution in [0.2, 0.25) is 0 Å². The summed E-state index contributed by atoms with van der Waals surface area (Å²) in [6.45, 7) is 7.71. The fourth-order valence-electron chi connectivity index (χ4n) is 0.428.